The summed E-state index contributed by atoms with van der Waals surface area (Å²) in [6.45, 7) is 4.11. The average molecular weight is 239 g/mol. The molecule has 1 heterocycles. The van der Waals surface area contributed by atoms with Crippen LogP contribution in [0.4, 0.5) is 0 Å². The molecular weight excluding hydrogens is 218 g/mol. The number of hydrogen-bond donors (Lipinski definition) is 2. The second-order valence-corrected chi connectivity index (χ2v) is 5.62. The lowest BCUT2D eigenvalue weighted by atomic mass is 10.1. The molecule has 16 heavy (non-hydrogen) atoms. The Kier molecular flexibility index (Phi) is 4.32. The zero-order valence-electron chi connectivity index (χ0n) is 9.91. The Hall–Kier alpha value is -0.450. The summed E-state index contributed by atoms with van der Waals surface area (Å²) in [4.78, 5) is 4.44. The van der Waals surface area contributed by atoms with Crippen molar-refractivity contribution in [2.24, 2.45) is 11.7 Å². The van der Waals surface area contributed by atoms with Crippen LogP contribution in [0, 0.1) is 12.8 Å². The van der Waals surface area contributed by atoms with Gasteiger partial charge in [0.05, 0.1) is 5.01 Å². The first-order chi connectivity index (χ1) is 7.75. The molecular formula is C12H21N3S. The second-order valence-electron chi connectivity index (χ2n) is 4.67. The lowest BCUT2D eigenvalue weighted by Crippen LogP contribution is -2.29. The molecule has 90 valence electrons. The number of aromatic nitrogens is 1. The summed E-state index contributed by atoms with van der Waals surface area (Å²) in [5, 5.41) is 6.79. The van der Waals surface area contributed by atoms with Gasteiger partial charge in [-0.15, -0.1) is 11.3 Å². The molecule has 3 N–H and O–H groups in total. The Morgan fingerprint density at radius 1 is 1.56 bits per heavy atom. The Morgan fingerprint density at radius 3 is 3.00 bits per heavy atom. The minimum absolute atomic E-state index is 0.426. The van der Waals surface area contributed by atoms with Crippen LogP contribution in [0.3, 0.4) is 0 Å². The molecule has 1 saturated carbocycles. The van der Waals surface area contributed by atoms with E-state index in [4.69, 9.17) is 5.73 Å². The van der Waals surface area contributed by atoms with E-state index in [1.807, 2.05) is 6.92 Å². The van der Waals surface area contributed by atoms with Crippen LogP contribution in [0.1, 0.15) is 30.0 Å². The third-order valence-electron chi connectivity index (χ3n) is 3.06. The zero-order valence-corrected chi connectivity index (χ0v) is 10.7. The van der Waals surface area contributed by atoms with E-state index in [-0.39, 0.29) is 0 Å². The van der Waals surface area contributed by atoms with E-state index >= 15 is 0 Å². The maximum Gasteiger partial charge on any atom is 0.0940 e. The largest absolute Gasteiger partial charge is 0.327 e. The summed E-state index contributed by atoms with van der Waals surface area (Å²) in [5.41, 5.74) is 7.16. The van der Waals surface area contributed by atoms with Crippen LogP contribution in [0.25, 0.3) is 0 Å². The quantitative estimate of drug-likeness (QED) is 0.712. The third-order valence-corrected chi connectivity index (χ3v) is 4.09. The van der Waals surface area contributed by atoms with E-state index in [2.05, 4.69) is 15.7 Å². The fourth-order valence-corrected chi connectivity index (χ4v) is 2.64. The molecule has 0 spiro atoms. The van der Waals surface area contributed by atoms with Crippen molar-refractivity contribution < 1.29 is 0 Å². The Morgan fingerprint density at radius 2 is 2.38 bits per heavy atom. The predicted molar refractivity (Wildman–Crippen MR) is 68.7 cm³/mol. The number of nitrogens with two attached hydrogens (primary N) is 1. The number of thiazole rings is 1. The van der Waals surface area contributed by atoms with Gasteiger partial charge >= 0.3 is 0 Å². The van der Waals surface area contributed by atoms with Gasteiger partial charge in [-0.2, -0.15) is 0 Å². The van der Waals surface area contributed by atoms with E-state index in [0.29, 0.717) is 6.04 Å². The lowest BCUT2D eigenvalue weighted by molar-refractivity contribution is 0.518. The van der Waals surface area contributed by atoms with Gasteiger partial charge in [-0.05, 0) is 38.6 Å². The molecule has 1 atom stereocenters. The van der Waals surface area contributed by atoms with Gasteiger partial charge < -0.3 is 11.1 Å². The fourth-order valence-electron chi connectivity index (χ4n) is 1.87. The summed E-state index contributed by atoms with van der Waals surface area (Å²) in [6.07, 6.45) is 4.85. The Bertz CT molecular complexity index is 320. The molecule has 1 unspecified atom stereocenters. The fraction of sp³-hybridized carbons (Fsp3) is 0.750. The lowest BCUT2D eigenvalue weighted by Gasteiger charge is -2.10. The normalized spacial score (nSPS) is 17.6. The number of aryl methyl sites for hydroxylation is 1. The Labute approximate surface area is 101 Å². The first kappa shape index (κ1) is 12.0. The molecule has 1 aliphatic carbocycles. The van der Waals surface area contributed by atoms with Crippen LogP contribution in [-0.2, 0) is 6.42 Å². The van der Waals surface area contributed by atoms with Crippen molar-refractivity contribution >= 4 is 11.3 Å². The Balaban J connectivity index is 1.51. The molecule has 4 heteroatoms. The molecule has 1 aliphatic rings. The van der Waals surface area contributed by atoms with E-state index < -0.39 is 0 Å². The van der Waals surface area contributed by atoms with Crippen LogP contribution in [-0.4, -0.2) is 24.1 Å². The highest BCUT2D eigenvalue weighted by Crippen LogP contribution is 2.32. The highest BCUT2D eigenvalue weighted by molar-refractivity contribution is 7.09. The number of nitrogens with one attached hydrogen (secondary N) is 1. The van der Waals surface area contributed by atoms with Crippen LogP contribution >= 0.6 is 11.3 Å². The molecule has 1 fully saturated rings. The van der Waals surface area contributed by atoms with Gasteiger partial charge in [0.25, 0.3) is 0 Å². The van der Waals surface area contributed by atoms with Crippen molar-refractivity contribution in [1.29, 1.82) is 0 Å². The molecule has 0 bridgehead atoms. The molecule has 0 saturated heterocycles. The van der Waals surface area contributed by atoms with Crippen molar-refractivity contribution in [1.82, 2.24) is 10.3 Å². The molecule has 0 aliphatic heterocycles. The summed E-state index contributed by atoms with van der Waals surface area (Å²) in [7, 11) is 0. The van der Waals surface area contributed by atoms with Gasteiger partial charge in [-0.1, -0.05) is 0 Å². The van der Waals surface area contributed by atoms with E-state index in [1.54, 1.807) is 11.3 Å². The van der Waals surface area contributed by atoms with Crippen molar-refractivity contribution in [2.45, 2.75) is 38.6 Å². The molecule has 1 aromatic rings. The van der Waals surface area contributed by atoms with Gasteiger partial charge in [0.2, 0.25) is 0 Å². The number of nitrogens with zero attached hydrogens (tertiary/aromatic N) is 1. The van der Waals surface area contributed by atoms with Crippen molar-refractivity contribution in [3.8, 4) is 0 Å². The van der Waals surface area contributed by atoms with Crippen LogP contribution < -0.4 is 11.1 Å². The van der Waals surface area contributed by atoms with Crippen LogP contribution in [0.5, 0.6) is 0 Å². The summed E-state index contributed by atoms with van der Waals surface area (Å²) in [6, 6.07) is 0.426. The van der Waals surface area contributed by atoms with Gasteiger partial charge in [0.15, 0.2) is 0 Å². The highest BCUT2D eigenvalue weighted by atomic mass is 32.1. The monoisotopic (exact) mass is 239 g/mol. The topological polar surface area (TPSA) is 50.9 Å². The van der Waals surface area contributed by atoms with E-state index in [1.165, 1.54) is 17.8 Å². The molecule has 2 rings (SSSR count). The standard InChI is InChI=1S/C12H21N3S/c1-9-8-16-12(15-9)5-7-14-6-4-11(13)10-2-3-10/h8,10-11,14H,2-7,13H2,1H3. The number of hydrogen-bond acceptors (Lipinski definition) is 4. The van der Waals surface area contributed by atoms with Crippen LogP contribution in [0.15, 0.2) is 5.38 Å². The van der Waals surface area contributed by atoms with Gasteiger partial charge in [0, 0.05) is 30.1 Å². The molecule has 0 aromatic carbocycles. The first-order valence-electron chi connectivity index (χ1n) is 6.13. The van der Waals surface area contributed by atoms with Gasteiger partial charge in [0.1, 0.15) is 0 Å². The van der Waals surface area contributed by atoms with Crippen LogP contribution in [0.2, 0.25) is 0 Å². The maximum atomic E-state index is 6.03. The van der Waals surface area contributed by atoms with Crippen molar-refractivity contribution in [3.63, 3.8) is 0 Å². The molecule has 1 aromatic heterocycles. The smallest absolute Gasteiger partial charge is 0.0940 e. The first-order valence-corrected chi connectivity index (χ1v) is 7.01. The van der Waals surface area contributed by atoms with E-state index in [0.717, 1.165) is 37.5 Å². The summed E-state index contributed by atoms with van der Waals surface area (Å²) >= 11 is 1.75. The van der Waals surface area contributed by atoms with Gasteiger partial charge in [-0.3, -0.25) is 0 Å². The second kappa shape index (κ2) is 5.75. The van der Waals surface area contributed by atoms with Crippen molar-refractivity contribution in [2.75, 3.05) is 13.1 Å². The maximum absolute atomic E-state index is 6.03. The molecule has 0 radical (unpaired) electrons. The van der Waals surface area contributed by atoms with Gasteiger partial charge in [-0.25, -0.2) is 4.98 Å². The van der Waals surface area contributed by atoms with Crippen molar-refractivity contribution in [3.05, 3.63) is 16.1 Å². The minimum atomic E-state index is 0.426. The SMILES string of the molecule is Cc1csc(CCNCCC(N)C2CC2)n1. The third kappa shape index (κ3) is 3.85. The summed E-state index contributed by atoms with van der Waals surface area (Å²) in [5.74, 6) is 0.823. The predicted octanol–water partition coefficient (Wildman–Crippen LogP) is 1.71. The summed E-state index contributed by atoms with van der Waals surface area (Å²) < 4.78 is 0. The van der Waals surface area contributed by atoms with E-state index in [9.17, 15) is 0 Å². The zero-order chi connectivity index (χ0) is 11.4. The molecule has 0 amide bonds. The minimum Gasteiger partial charge on any atom is -0.327 e. The highest BCUT2D eigenvalue weighted by Gasteiger charge is 2.27. The number of rotatable bonds is 7. The molecule has 3 nitrogen and oxygen atoms in total. The average Bonchev–Trinajstić information content (AvgIpc) is 3.03.